The zero-order valence-electron chi connectivity index (χ0n) is 18.9. The van der Waals surface area contributed by atoms with Crippen LogP contribution in [0, 0.1) is 17.8 Å². The van der Waals surface area contributed by atoms with Crippen molar-refractivity contribution in [3.8, 4) is 22.8 Å². The third-order valence-corrected chi connectivity index (χ3v) is 7.44. The van der Waals surface area contributed by atoms with Crippen molar-refractivity contribution in [1.82, 2.24) is 10.3 Å². The number of nitrogens with zero attached hydrogens (tertiary/aromatic N) is 1. The Balaban J connectivity index is 1.51. The Bertz CT molecular complexity index is 1160. The maximum atomic E-state index is 13.5. The highest BCUT2D eigenvalue weighted by Gasteiger charge is 2.42. The first-order valence-electron chi connectivity index (χ1n) is 11.5. The molecule has 1 aromatic heterocycles. The van der Waals surface area contributed by atoms with Gasteiger partial charge in [-0.1, -0.05) is 24.6 Å². The van der Waals surface area contributed by atoms with E-state index in [0.29, 0.717) is 28.7 Å². The molecule has 0 aliphatic heterocycles. The summed E-state index contributed by atoms with van der Waals surface area (Å²) < 4.78 is 10.9. The molecule has 2 aliphatic carbocycles. The summed E-state index contributed by atoms with van der Waals surface area (Å²) in [5, 5.41) is 4.19. The van der Waals surface area contributed by atoms with Crippen LogP contribution in [0.3, 0.4) is 0 Å². The maximum absolute atomic E-state index is 13.5. The van der Waals surface area contributed by atoms with Gasteiger partial charge in [-0.3, -0.25) is 4.79 Å². The second kappa shape index (κ2) is 8.45. The van der Waals surface area contributed by atoms with E-state index in [0.717, 1.165) is 28.3 Å². The summed E-state index contributed by atoms with van der Waals surface area (Å²) in [7, 11) is 3.26. The fourth-order valence-electron chi connectivity index (χ4n) is 5.81. The number of methoxy groups -OCH3 is 2. The van der Waals surface area contributed by atoms with Crippen LogP contribution in [0.5, 0.6) is 11.5 Å². The van der Waals surface area contributed by atoms with Crippen LogP contribution in [0.1, 0.15) is 43.0 Å². The lowest BCUT2D eigenvalue weighted by atomic mass is 9.84. The Morgan fingerprint density at radius 2 is 1.91 bits per heavy atom. The smallest absolute Gasteiger partial charge is 0.252 e. The van der Waals surface area contributed by atoms with Crippen LogP contribution in [0.4, 0.5) is 0 Å². The van der Waals surface area contributed by atoms with Gasteiger partial charge in [0.2, 0.25) is 0 Å². The maximum Gasteiger partial charge on any atom is 0.252 e. The summed E-state index contributed by atoms with van der Waals surface area (Å²) >= 11 is 0. The number of nitrogens with one attached hydrogen (secondary N) is 1. The first-order chi connectivity index (χ1) is 15.6. The molecule has 0 radical (unpaired) electrons. The van der Waals surface area contributed by atoms with Crippen molar-refractivity contribution < 1.29 is 14.3 Å². The molecule has 166 valence electrons. The molecular formula is C27H30N2O3. The van der Waals surface area contributed by atoms with E-state index in [-0.39, 0.29) is 11.9 Å². The summed E-state index contributed by atoms with van der Waals surface area (Å²) in [6.07, 6.45) is 5.26. The molecule has 3 aromatic rings. The van der Waals surface area contributed by atoms with Gasteiger partial charge in [0.25, 0.3) is 5.91 Å². The molecule has 2 saturated carbocycles. The molecule has 0 spiro atoms. The SMILES string of the molecule is COc1ccc(-c2cc(C(=O)N[C@@H](C)[C@H]3C[C@H]4CC[C@H]3C4)c3ccccc3n2)c(OC)c1. The van der Waals surface area contributed by atoms with E-state index in [2.05, 4.69) is 12.2 Å². The molecule has 1 amide bonds. The number of hydrogen-bond donors (Lipinski definition) is 1. The molecule has 5 heteroatoms. The molecule has 5 rings (SSSR count). The lowest BCUT2D eigenvalue weighted by Crippen LogP contribution is -2.40. The topological polar surface area (TPSA) is 60.5 Å². The number of rotatable bonds is 6. The van der Waals surface area contributed by atoms with E-state index in [9.17, 15) is 4.79 Å². The predicted octanol–water partition coefficient (Wildman–Crippen LogP) is 5.47. The van der Waals surface area contributed by atoms with Crippen LogP contribution < -0.4 is 14.8 Å². The van der Waals surface area contributed by atoms with Gasteiger partial charge >= 0.3 is 0 Å². The quantitative estimate of drug-likeness (QED) is 0.563. The zero-order valence-corrected chi connectivity index (χ0v) is 18.9. The molecule has 2 fully saturated rings. The van der Waals surface area contributed by atoms with E-state index in [4.69, 9.17) is 14.5 Å². The fourth-order valence-corrected chi connectivity index (χ4v) is 5.81. The average Bonchev–Trinajstić information content (AvgIpc) is 3.47. The number of fused-ring (bicyclic) bond motifs is 3. The summed E-state index contributed by atoms with van der Waals surface area (Å²) in [6, 6.07) is 15.5. The van der Waals surface area contributed by atoms with Crippen molar-refractivity contribution in [3.63, 3.8) is 0 Å². The highest BCUT2D eigenvalue weighted by atomic mass is 16.5. The van der Waals surface area contributed by atoms with Crippen molar-refractivity contribution in [2.24, 2.45) is 17.8 Å². The molecular weight excluding hydrogens is 400 g/mol. The summed E-state index contributed by atoms with van der Waals surface area (Å²) in [4.78, 5) is 18.3. The van der Waals surface area contributed by atoms with Gasteiger partial charge in [-0.05, 0) is 68.2 Å². The average molecular weight is 431 g/mol. The number of ether oxygens (including phenoxy) is 2. The van der Waals surface area contributed by atoms with Crippen LogP contribution in [-0.2, 0) is 0 Å². The Morgan fingerprint density at radius 3 is 2.62 bits per heavy atom. The van der Waals surface area contributed by atoms with Gasteiger partial charge in [-0.15, -0.1) is 0 Å². The number of aromatic nitrogens is 1. The first-order valence-corrected chi connectivity index (χ1v) is 11.5. The van der Waals surface area contributed by atoms with Gasteiger partial charge in [-0.25, -0.2) is 4.98 Å². The normalized spacial score (nSPS) is 22.7. The Morgan fingerprint density at radius 1 is 1.06 bits per heavy atom. The Hall–Kier alpha value is -3.08. The van der Waals surface area contributed by atoms with Gasteiger partial charge in [0, 0.05) is 23.1 Å². The molecule has 0 saturated heterocycles. The summed E-state index contributed by atoms with van der Waals surface area (Å²) in [5.74, 6) is 3.56. The number of carbonyl (C=O) groups excluding carboxylic acids is 1. The third kappa shape index (κ3) is 3.70. The van der Waals surface area contributed by atoms with Crippen molar-refractivity contribution in [2.75, 3.05) is 14.2 Å². The van der Waals surface area contributed by atoms with Crippen LogP contribution >= 0.6 is 0 Å². The first kappa shape index (κ1) is 20.8. The van der Waals surface area contributed by atoms with Gasteiger partial charge in [0.05, 0.1) is 31.0 Å². The molecule has 4 atom stereocenters. The molecule has 32 heavy (non-hydrogen) atoms. The second-order valence-corrected chi connectivity index (χ2v) is 9.24. The minimum atomic E-state index is -0.0346. The van der Waals surface area contributed by atoms with Gasteiger partial charge in [0.15, 0.2) is 0 Å². The van der Waals surface area contributed by atoms with Crippen LogP contribution in [0.15, 0.2) is 48.5 Å². The van der Waals surface area contributed by atoms with Crippen LogP contribution in [0.2, 0.25) is 0 Å². The molecule has 2 aromatic carbocycles. The molecule has 2 bridgehead atoms. The number of amides is 1. The van der Waals surface area contributed by atoms with E-state index in [1.807, 2.05) is 48.5 Å². The number of benzene rings is 2. The van der Waals surface area contributed by atoms with Crippen molar-refractivity contribution in [1.29, 1.82) is 0 Å². The molecule has 0 unspecified atom stereocenters. The summed E-state index contributed by atoms with van der Waals surface area (Å²) in [5.41, 5.74) is 2.98. The van der Waals surface area contributed by atoms with Gasteiger partial charge < -0.3 is 14.8 Å². The highest BCUT2D eigenvalue weighted by Crippen LogP contribution is 2.49. The molecule has 1 N–H and O–H groups in total. The lowest BCUT2D eigenvalue weighted by molar-refractivity contribution is 0.0917. The van der Waals surface area contributed by atoms with Gasteiger partial charge in [0.1, 0.15) is 11.5 Å². The molecule has 1 heterocycles. The Labute approximate surface area is 189 Å². The predicted molar refractivity (Wildman–Crippen MR) is 126 cm³/mol. The van der Waals surface area contributed by atoms with Gasteiger partial charge in [-0.2, -0.15) is 0 Å². The lowest BCUT2D eigenvalue weighted by Gasteiger charge is -2.28. The van der Waals surface area contributed by atoms with Crippen LogP contribution in [-0.4, -0.2) is 31.2 Å². The Kier molecular flexibility index (Phi) is 5.50. The van der Waals surface area contributed by atoms with Crippen molar-refractivity contribution >= 4 is 16.8 Å². The van der Waals surface area contributed by atoms with E-state index >= 15 is 0 Å². The number of para-hydroxylation sites is 1. The largest absolute Gasteiger partial charge is 0.497 e. The van der Waals surface area contributed by atoms with Crippen LogP contribution in [0.25, 0.3) is 22.2 Å². The minimum Gasteiger partial charge on any atom is -0.497 e. The number of pyridine rings is 1. The molecule has 5 nitrogen and oxygen atoms in total. The highest BCUT2D eigenvalue weighted by molar-refractivity contribution is 6.07. The zero-order chi connectivity index (χ0) is 22.2. The summed E-state index contributed by atoms with van der Waals surface area (Å²) in [6.45, 7) is 2.17. The third-order valence-electron chi connectivity index (χ3n) is 7.44. The number of hydrogen-bond acceptors (Lipinski definition) is 4. The van der Waals surface area contributed by atoms with E-state index in [1.54, 1.807) is 14.2 Å². The monoisotopic (exact) mass is 430 g/mol. The fraction of sp³-hybridized carbons (Fsp3) is 0.407. The second-order valence-electron chi connectivity index (χ2n) is 9.24. The van der Waals surface area contributed by atoms with Crippen molar-refractivity contribution in [3.05, 3.63) is 54.1 Å². The standard InChI is InChI=1S/C27H30N2O3/c1-16(22-13-17-8-9-18(22)12-17)28-27(30)23-15-25(29-24-7-5-4-6-20(23)24)21-11-10-19(31-2)14-26(21)32-3/h4-7,10-11,14-18,22H,8-9,12-13H2,1-3H3,(H,28,30)/t16-,17-,18-,22+/m0/s1. The minimum absolute atomic E-state index is 0.0346. The van der Waals surface area contributed by atoms with Crippen molar-refractivity contribution in [2.45, 2.75) is 38.6 Å². The van der Waals surface area contributed by atoms with E-state index in [1.165, 1.54) is 25.7 Å². The number of carbonyl (C=O) groups is 1. The molecule has 2 aliphatic rings. The van der Waals surface area contributed by atoms with E-state index < -0.39 is 0 Å².